The van der Waals surface area contributed by atoms with Crippen LogP contribution in [0.25, 0.3) is 0 Å². The molecule has 1 aliphatic carbocycles. The van der Waals surface area contributed by atoms with Gasteiger partial charge in [-0.25, -0.2) is 9.59 Å². The molecule has 3 fully saturated rings. The number of aliphatic hydroxyl groups excluding tert-OH is 1. The standard InChI is InChI=1S/C22H30N2O5/c1-22(2,3)29-21(27)24-10-16-15-9-23(11-17(15)19(25)18(16)12-24)20(26)28-13-14-7-5-4-6-8-14/h4-8,15-19,25H,9-13H2,1-3H3/t15?,16-,17?,18-,19?/m0/s1. The molecule has 7 heteroatoms. The average molecular weight is 402 g/mol. The molecule has 5 atom stereocenters. The highest BCUT2D eigenvalue weighted by Crippen LogP contribution is 2.49. The second kappa shape index (κ2) is 7.52. The maximum Gasteiger partial charge on any atom is 0.410 e. The van der Waals surface area contributed by atoms with E-state index in [1.807, 2.05) is 51.1 Å². The molecule has 0 bridgehead atoms. The first-order chi connectivity index (χ1) is 13.7. The Morgan fingerprint density at radius 3 is 2.00 bits per heavy atom. The number of carbonyl (C=O) groups is 2. The van der Waals surface area contributed by atoms with Gasteiger partial charge in [0.2, 0.25) is 0 Å². The molecular formula is C22H30N2O5. The Balaban J connectivity index is 1.34. The van der Waals surface area contributed by atoms with Crippen LogP contribution >= 0.6 is 0 Å². The minimum atomic E-state index is -0.539. The van der Waals surface area contributed by atoms with Gasteiger partial charge in [0.25, 0.3) is 0 Å². The number of ether oxygens (including phenoxy) is 2. The zero-order chi connectivity index (χ0) is 20.8. The highest BCUT2D eigenvalue weighted by atomic mass is 16.6. The minimum Gasteiger partial charge on any atom is -0.445 e. The van der Waals surface area contributed by atoms with Gasteiger partial charge in [-0.2, -0.15) is 0 Å². The van der Waals surface area contributed by atoms with Gasteiger partial charge < -0.3 is 24.4 Å². The van der Waals surface area contributed by atoms with Crippen LogP contribution in [0.2, 0.25) is 0 Å². The van der Waals surface area contributed by atoms with Crippen LogP contribution in [-0.4, -0.2) is 65.0 Å². The lowest BCUT2D eigenvalue weighted by Crippen LogP contribution is -2.38. The summed E-state index contributed by atoms with van der Waals surface area (Å²) in [5.74, 6) is 0.483. The third-order valence-electron chi connectivity index (χ3n) is 6.37. The zero-order valence-corrected chi connectivity index (χ0v) is 17.3. The first-order valence-electron chi connectivity index (χ1n) is 10.3. The molecule has 29 heavy (non-hydrogen) atoms. The predicted molar refractivity (Wildman–Crippen MR) is 106 cm³/mol. The highest BCUT2D eigenvalue weighted by Gasteiger charge is 2.58. The first kappa shape index (κ1) is 20.0. The second-order valence-electron chi connectivity index (χ2n) is 9.48. The molecule has 1 aromatic rings. The number of carbonyl (C=O) groups excluding carboxylic acids is 2. The molecule has 1 aromatic carbocycles. The number of rotatable bonds is 2. The van der Waals surface area contributed by atoms with Gasteiger partial charge in [-0.15, -0.1) is 0 Å². The number of fused-ring (bicyclic) bond motifs is 3. The zero-order valence-electron chi connectivity index (χ0n) is 17.3. The smallest absolute Gasteiger partial charge is 0.410 e. The van der Waals surface area contributed by atoms with Gasteiger partial charge in [0.15, 0.2) is 0 Å². The molecule has 3 unspecified atom stereocenters. The molecule has 3 aliphatic rings. The van der Waals surface area contributed by atoms with E-state index in [-0.39, 0.29) is 42.5 Å². The van der Waals surface area contributed by atoms with Gasteiger partial charge in [-0.3, -0.25) is 0 Å². The summed E-state index contributed by atoms with van der Waals surface area (Å²) >= 11 is 0. The van der Waals surface area contributed by atoms with Crippen LogP contribution in [0.5, 0.6) is 0 Å². The Labute approximate surface area is 171 Å². The largest absolute Gasteiger partial charge is 0.445 e. The number of benzene rings is 1. The van der Waals surface area contributed by atoms with E-state index in [0.29, 0.717) is 26.2 Å². The van der Waals surface area contributed by atoms with Crippen LogP contribution in [0, 0.1) is 23.7 Å². The van der Waals surface area contributed by atoms with Gasteiger partial charge in [0, 0.05) is 38.0 Å². The molecule has 1 N–H and O–H groups in total. The Kier molecular flexibility index (Phi) is 5.19. The van der Waals surface area contributed by atoms with E-state index in [4.69, 9.17) is 9.47 Å². The lowest BCUT2D eigenvalue weighted by Gasteiger charge is -2.26. The van der Waals surface area contributed by atoms with Crippen LogP contribution in [0.3, 0.4) is 0 Å². The molecule has 0 aromatic heterocycles. The van der Waals surface area contributed by atoms with Crippen LogP contribution in [0.15, 0.2) is 30.3 Å². The lowest BCUT2D eigenvalue weighted by molar-refractivity contribution is 0.0237. The number of hydrogen-bond acceptors (Lipinski definition) is 5. The average Bonchev–Trinajstić information content (AvgIpc) is 3.33. The summed E-state index contributed by atoms with van der Waals surface area (Å²) in [6, 6.07) is 9.59. The number of hydrogen-bond donors (Lipinski definition) is 1. The normalized spacial score (nSPS) is 30.8. The first-order valence-corrected chi connectivity index (χ1v) is 10.3. The topological polar surface area (TPSA) is 79.3 Å². The van der Waals surface area contributed by atoms with Crippen molar-refractivity contribution in [1.29, 1.82) is 0 Å². The molecule has 0 radical (unpaired) electrons. The summed E-state index contributed by atoms with van der Waals surface area (Å²) in [5, 5.41) is 10.9. The summed E-state index contributed by atoms with van der Waals surface area (Å²) < 4.78 is 10.9. The summed E-state index contributed by atoms with van der Waals surface area (Å²) in [4.78, 5) is 28.3. The Hall–Kier alpha value is -2.28. The minimum absolute atomic E-state index is 0.0510. The maximum absolute atomic E-state index is 12.5. The fourth-order valence-electron chi connectivity index (χ4n) is 5.09. The predicted octanol–water partition coefficient (Wildman–Crippen LogP) is 2.73. The molecule has 4 rings (SSSR count). The molecule has 2 amide bonds. The fraction of sp³-hybridized carbons (Fsp3) is 0.636. The number of amides is 2. The summed E-state index contributed by atoms with van der Waals surface area (Å²) in [6.45, 7) is 7.97. The SMILES string of the molecule is CC(C)(C)OC(=O)N1C[C@@H]2C(O)C3CN(C(=O)OCc4ccccc4)CC3[C@@H]2C1. The quantitative estimate of drug-likeness (QED) is 0.823. The molecular weight excluding hydrogens is 372 g/mol. The van der Waals surface area contributed by atoms with Crippen LogP contribution in [-0.2, 0) is 16.1 Å². The molecule has 7 nitrogen and oxygen atoms in total. The van der Waals surface area contributed by atoms with E-state index in [1.54, 1.807) is 9.80 Å². The molecule has 0 spiro atoms. The molecule has 2 saturated heterocycles. The van der Waals surface area contributed by atoms with Crippen molar-refractivity contribution in [2.75, 3.05) is 26.2 Å². The van der Waals surface area contributed by atoms with Gasteiger partial charge in [0.1, 0.15) is 12.2 Å². The number of nitrogens with zero attached hydrogens (tertiary/aromatic N) is 2. The van der Waals surface area contributed by atoms with Crippen molar-refractivity contribution in [3.63, 3.8) is 0 Å². The van der Waals surface area contributed by atoms with Crippen molar-refractivity contribution in [1.82, 2.24) is 9.80 Å². The molecule has 2 heterocycles. The van der Waals surface area contributed by atoms with E-state index < -0.39 is 11.7 Å². The third kappa shape index (κ3) is 4.06. The third-order valence-corrected chi connectivity index (χ3v) is 6.37. The van der Waals surface area contributed by atoms with Crippen molar-refractivity contribution in [2.45, 2.75) is 39.1 Å². The number of aliphatic hydroxyl groups is 1. The lowest BCUT2D eigenvalue weighted by atomic mass is 9.91. The van der Waals surface area contributed by atoms with Gasteiger partial charge in [-0.05, 0) is 38.2 Å². The van der Waals surface area contributed by atoms with E-state index in [1.165, 1.54) is 0 Å². The van der Waals surface area contributed by atoms with Crippen molar-refractivity contribution in [3.8, 4) is 0 Å². The van der Waals surface area contributed by atoms with E-state index in [2.05, 4.69) is 0 Å². The van der Waals surface area contributed by atoms with E-state index >= 15 is 0 Å². The summed E-state index contributed by atoms with van der Waals surface area (Å²) in [6.07, 6.45) is -1.17. The highest BCUT2D eigenvalue weighted by molar-refractivity contribution is 5.69. The van der Waals surface area contributed by atoms with Crippen molar-refractivity contribution in [3.05, 3.63) is 35.9 Å². The summed E-state index contributed by atoms with van der Waals surface area (Å²) in [7, 11) is 0. The second-order valence-corrected chi connectivity index (χ2v) is 9.48. The van der Waals surface area contributed by atoms with E-state index in [9.17, 15) is 14.7 Å². The maximum atomic E-state index is 12.5. The monoisotopic (exact) mass is 402 g/mol. The van der Waals surface area contributed by atoms with Crippen LogP contribution in [0.4, 0.5) is 9.59 Å². The van der Waals surface area contributed by atoms with Gasteiger partial charge >= 0.3 is 12.2 Å². The van der Waals surface area contributed by atoms with Crippen molar-refractivity contribution < 1.29 is 24.2 Å². The molecule has 1 saturated carbocycles. The molecule has 158 valence electrons. The Bertz CT molecular complexity index is 762. The summed E-state index contributed by atoms with van der Waals surface area (Å²) in [5.41, 5.74) is 0.409. The Morgan fingerprint density at radius 2 is 1.45 bits per heavy atom. The van der Waals surface area contributed by atoms with Gasteiger partial charge in [0.05, 0.1) is 6.10 Å². The van der Waals surface area contributed by atoms with Crippen LogP contribution < -0.4 is 0 Å². The van der Waals surface area contributed by atoms with Gasteiger partial charge in [-0.1, -0.05) is 30.3 Å². The Morgan fingerprint density at radius 1 is 0.931 bits per heavy atom. The van der Waals surface area contributed by atoms with Crippen LogP contribution in [0.1, 0.15) is 26.3 Å². The molecule has 2 aliphatic heterocycles. The fourth-order valence-corrected chi connectivity index (χ4v) is 5.09. The van der Waals surface area contributed by atoms with E-state index in [0.717, 1.165) is 5.56 Å². The van der Waals surface area contributed by atoms with Crippen molar-refractivity contribution in [2.24, 2.45) is 23.7 Å². The number of likely N-dealkylation sites (tertiary alicyclic amines) is 2. The van der Waals surface area contributed by atoms with Crippen molar-refractivity contribution >= 4 is 12.2 Å².